The van der Waals surface area contributed by atoms with E-state index in [1.54, 1.807) is 0 Å². The molecule has 5 nitrogen and oxygen atoms in total. The summed E-state index contributed by atoms with van der Waals surface area (Å²) in [5.41, 5.74) is 5.43. The number of hydrogen-bond acceptors (Lipinski definition) is 5. The van der Waals surface area contributed by atoms with Crippen molar-refractivity contribution in [3.05, 3.63) is 0 Å². The Bertz CT molecular complexity index is 130. The summed E-state index contributed by atoms with van der Waals surface area (Å²) < 4.78 is 9.68. The highest BCUT2D eigenvalue weighted by Gasteiger charge is 2.36. The summed E-state index contributed by atoms with van der Waals surface area (Å²) in [7, 11) is 1.41. The second kappa shape index (κ2) is 3.46. The number of aliphatic hydroxyl groups excluding tert-OH is 2. The zero-order valence-corrected chi connectivity index (χ0v) is 6.30. The number of rotatable bonds is 1. The van der Waals surface area contributed by atoms with Gasteiger partial charge in [-0.15, -0.1) is 0 Å². The Kier molecular flexibility index (Phi) is 2.80. The van der Waals surface area contributed by atoms with Crippen LogP contribution in [0.4, 0.5) is 0 Å². The average molecular weight is 163 g/mol. The van der Waals surface area contributed by atoms with Crippen LogP contribution in [0.3, 0.4) is 0 Å². The monoisotopic (exact) mass is 163 g/mol. The van der Waals surface area contributed by atoms with Gasteiger partial charge in [0, 0.05) is 7.11 Å². The van der Waals surface area contributed by atoms with Crippen molar-refractivity contribution < 1.29 is 19.7 Å². The first-order valence-corrected chi connectivity index (χ1v) is 3.43. The molecule has 4 atom stereocenters. The highest BCUT2D eigenvalue weighted by molar-refractivity contribution is 4.85. The Morgan fingerprint density at radius 1 is 1.55 bits per heavy atom. The van der Waals surface area contributed by atoms with Crippen LogP contribution in [0.5, 0.6) is 0 Å². The van der Waals surface area contributed by atoms with Crippen LogP contribution in [0.25, 0.3) is 0 Å². The van der Waals surface area contributed by atoms with E-state index in [9.17, 15) is 5.11 Å². The largest absolute Gasteiger partial charge is 0.389 e. The molecule has 1 rings (SSSR count). The molecule has 0 aromatic rings. The van der Waals surface area contributed by atoms with E-state index in [4.69, 9.17) is 20.3 Å². The summed E-state index contributed by atoms with van der Waals surface area (Å²) in [6.07, 6.45) is -2.48. The van der Waals surface area contributed by atoms with E-state index in [2.05, 4.69) is 0 Å². The van der Waals surface area contributed by atoms with Crippen molar-refractivity contribution in [2.75, 3.05) is 13.7 Å². The minimum absolute atomic E-state index is 0.108. The molecule has 0 aromatic heterocycles. The molecule has 0 saturated carbocycles. The molecule has 1 fully saturated rings. The van der Waals surface area contributed by atoms with Gasteiger partial charge in [0.1, 0.15) is 6.10 Å². The predicted octanol–water partition coefficient (Wildman–Crippen LogP) is -1.96. The molecule has 0 unspecified atom stereocenters. The van der Waals surface area contributed by atoms with Crippen LogP contribution in [-0.4, -0.2) is 48.5 Å². The van der Waals surface area contributed by atoms with Gasteiger partial charge in [0.05, 0.1) is 18.8 Å². The van der Waals surface area contributed by atoms with Crippen molar-refractivity contribution in [2.24, 2.45) is 5.73 Å². The molecular weight excluding hydrogens is 150 g/mol. The zero-order valence-electron chi connectivity index (χ0n) is 6.30. The van der Waals surface area contributed by atoms with Gasteiger partial charge in [0.25, 0.3) is 0 Å². The fourth-order valence-corrected chi connectivity index (χ4v) is 1.02. The lowest BCUT2D eigenvalue weighted by atomic mass is 10.0. The van der Waals surface area contributed by atoms with E-state index >= 15 is 0 Å². The molecule has 11 heavy (non-hydrogen) atoms. The SMILES string of the molecule is CO[C@H]1OC[C@@H](O)[C@@H](N)[C@H]1O. The van der Waals surface area contributed by atoms with Crippen LogP contribution in [0.1, 0.15) is 0 Å². The van der Waals surface area contributed by atoms with Gasteiger partial charge in [-0.2, -0.15) is 0 Å². The third-order valence-corrected chi connectivity index (χ3v) is 1.78. The first-order chi connectivity index (χ1) is 5.16. The lowest BCUT2D eigenvalue weighted by Gasteiger charge is -2.34. The molecule has 0 radical (unpaired) electrons. The Hall–Kier alpha value is -0.200. The Morgan fingerprint density at radius 3 is 2.73 bits per heavy atom. The van der Waals surface area contributed by atoms with Crippen molar-refractivity contribution in [3.63, 3.8) is 0 Å². The minimum Gasteiger partial charge on any atom is -0.389 e. The molecule has 4 N–H and O–H groups in total. The maximum Gasteiger partial charge on any atom is 0.184 e. The predicted molar refractivity (Wildman–Crippen MR) is 36.7 cm³/mol. The third kappa shape index (κ3) is 1.69. The van der Waals surface area contributed by atoms with Crippen molar-refractivity contribution in [1.29, 1.82) is 0 Å². The van der Waals surface area contributed by atoms with Crippen LogP contribution in [-0.2, 0) is 9.47 Å². The minimum atomic E-state index is -0.955. The highest BCUT2D eigenvalue weighted by atomic mass is 16.7. The topological polar surface area (TPSA) is 84.9 Å². The summed E-state index contributed by atoms with van der Waals surface area (Å²) in [5.74, 6) is 0. The first kappa shape index (κ1) is 8.89. The third-order valence-electron chi connectivity index (χ3n) is 1.78. The fraction of sp³-hybridized carbons (Fsp3) is 1.00. The smallest absolute Gasteiger partial charge is 0.184 e. The van der Waals surface area contributed by atoms with E-state index in [0.29, 0.717) is 0 Å². The molecule has 0 amide bonds. The molecule has 0 spiro atoms. The van der Waals surface area contributed by atoms with E-state index in [0.717, 1.165) is 0 Å². The van der Waals surface area contributed by atoms with E-state index in [1.807, 2.05) is 0 Å². The molecular formula is C6H13NO4. The molecule has 1 aliphatic heterocycles. The van der Waals surface area contributed by atoms with Gasteiger partial charge in [0.15, 0.2) is 6.29 Å². The van der Waals surface area contributed by atoms with Gasteiger partial charge in [0.2, 0.25) is 0 Å². The van der Waals surface area contributed by atoms with Gasteiger partial charge in [-0.3, -0.25) is 0 Å². The quantitative estimate of drug-likeness (QED) is 0.418. The highest BCUT2D eigenvalue weighted by Crippen LogP contribution is 2.13. The van der Waals surface area contributed by atoms with E-state index < -0.39 is 24.5 Å². The summed E-state index contributed by atoms with van der Waals surface area (Å²) >= 11 is 0. The van der Waals surface area contributed by atoms with Gasteiger partial charge in [-0.05, 0) is 0 Å². The first-order valence-electron chi connectivity index (χ1n) is 3.43. The number of nitrogens with two attached hydrogens (primary N) is 1. The average Bonchev–Trinajstić information content (AvgIpc) is 2.01. The lowest BCUT2D eigenvalue weighted by Crippen LogP contribution is -2.57. The number of methoxy groups -OCH3 is 1. The maximum absolute atomic E-state index is 9.27. The van der Waals surface area contributed by atoms with Crippen molar-refractivity contribution >= 4 is 0 Å². The molecule has 1 heterocycles. The molecule has 1 aliphatic rings. The van der Waals surface area contributed by atoms with Gasteiger partial charge in [-0.1, -0.05) is 0 Å². The molecule has 0 aliphatic carbocycles. The second-order valence-corrected chi connectivity index (χ2v) is 2.57. The zero-order chi connectivity index (χ0) is 8.43. The Balaban J connectivity index is 2.52. The molecule has 0 aromatic carbocycles. The van der Waals surface area contributed by atoms with Crippen LogP contribution in [0, 0.1) is 0 Å². The van der Waals surface area contributed by atoms with Crippen LogP contribution >= 0.6 is 0 Å². The molecule has 5 heteroatoms. The van der Waals surface area contributed by atoms with E-state index in [-0.39, 0.29) is 6.61 Å². The normalized spacial score (nSPS) is 45.8. The van der Waals surface area contributed by atoms with Crippen molar-refractivity contribution in [2.45, 2.75) is 24.5 Å². The standard InChI is InChI=1S/C6H13NO4/c1-10-6-5(9)4(7)3(8)2-11-6/h3-6,8-9H,2,7H2,1H3/t3-,4-,5-,6+/m1/s1. The Labute approximate surface area is 64.7 Å². The number of aliphatic hydroxyl groups is 2. The summed E-state index contributed by atoms with van der Waals surface area (Å²) in [6, 6.07) is -0.686. The lowest BCUT2D eigenvalue weighted by molar-refractivity contribution is -0.231. The van der Waals surface area contributed by atoms with Crippen molar-refractivity contribution in [3.8, 4) is 0 Å². The summed E-state index contributed by atoms with van der Waals surface area (Å²) in [6.45, 7) is 0.108. The van der Waals surface area contributed by atoms with Gasteiger partial charge < -0.3 is 25.4 Å². The van der Waals surface area contributed by atoms with Crippen molar-refractivity contribution in [1.82, 2.24) is 0 Å². The summed E-state index contributed by atoms with van der Waals surface area (Å²) in [4.78, 5) is 0. The van der Waals surface area contributed by atoms with Crippen LogP contribution in [0.2, 0.25) is 0 Å². The van der Waals surface area contributed by atoms with E-state index in [1.165, 1.54) is 7.11 Å². The molecule has 66 valence electrons. The number of hydrogen-bond donors (Lipinski definition) is 3. The van der Waals surface area contributed by atoms with Crippen LogP contribution < -0.4 is 5.73 Å². The molecule has 0 bridgehead atoms. The number of ether oxygens (including phenoxy) is 2. The van der Waals surface area contributed by atoms with Crippen LogP contribution in [0.15, 0.2) is 0 Å². The Morgan fingerprint density at radius 2 is 2.18 bits per heavy atom. The molecule has 1 saturated heterocycles. The van der Waals surface area contributed by atoms with Gasteiger partial charge >= 0.3 is 0 Å². The van der Waals surface area contributed by atoms with Gasteiger partial charge in [-0.25, -0.2) is 0 Å². The second-order valence-electron chi connectivity index (χ2n) is 2.57. The summed E-state index contributed by atoms with van der Waals surface area (Å²) in [5, 5.41) is 18.4. The maximum atomic E-state index is 9.27. The fourth-order valence-electron chi connectivity index (χ4n) is 1.02.